The Morgan fingerprint density at radius 3 is 2.58 bits per heavy atom. The van der Waals surface area contributed by atoms with Gasteiger partial charge in [0.05, 0.1) is 34.9 Å². The van der Waals surface area contributed by atoms with Gasteiger partial charge < -0.3 is 4.74 Å². The summed E-state index contributed by atoms with van der Waals surface area (Å²) >= 11 is 0. The highest BCUT2D eigenvalue weighted by molar-refractivity contribution is 7.87. The molecule has 102 valence electrons. The van der Waals surface area contributed by atoms with Crippen molar-refractivity contribution in [1.82, 2.24) is 0 Å². The first-order chi connectivity index (χ1) is 8.91. The summed E-state index contributed by atoms with van der Waals surface area (Å²) in [6, 6.07) is 6.98. The molecule has 2 atom stereocenters. The van der Waals surface area contributed by atoms with Gasteiger partial charge in [0.25, 0.3) is 0 Å². The van der Waals surface area contributed by atoms with Gasteiger partial charge in [0.1, 0.15) is 4.87 Å². The van der Waals surface area contributed by atoms with Crippen LogP contribution in [0.4, 0.5) is 5.69 Å². The zero-order valence-corrected chi connectivity index (χ0v) is 11.8. The third kappa shape index (κ3) is 2.06. The number of para-hydroxylation sites is 1. The van der Waals surface area contributed by atoms with Crippen molar-refractivity contribution in [2.45, 2.75) is 30.0 Å². The summed E-state index contributed by atoms with van der Waals surface area (Å²) in [6.07, 6.45) is -0.107. The molecule has 6 heteroatoms. The third-order valence-electron chi connectivity index (χ3n) is 3.19. The Morgan fingerprint density at radius 1 is 1.37 bits per heavy atom. The number of hydrogen-bond donors (Lipinski definition) is 0. The first-order valence-corrected chi connectivity index (χ1v) is 6.95. The smallest absolute Gasteiger partial charge is 0.308 e. The summed E-state index contributed by atoms with van der Waals surface area (Å²) in [6.45, 7) is 3.04. The number of esters is 1. The molecule has 2 rings (SSSR count). The maximum atomic E-state index is 12.6. The SMILES string of the molecule is COC(=O)C[C@@]1(C)N(C(C)=O)c2ccccc2S1=O. The molecule has 0 spiro atoms. The molecule has 0 fully saturated rings. The molecule has 1 heterocycles. The number of benzene rings is 1. The van der Waals surface area contributed by atoms with Gasteiger partial charge in [-0.05, 0) is 19.1 Å². The lowest BCUT2D eigenvalue weighted by molar-refractivity contribution is -0.141. The fourth-order valence-corrected chi connectivity index (χ4v) is 4.03. The summed E-state index contributed by atoms with van der Waals surface area (Å²) in [5, 5.41) is 0. The number of rotatable bonds is 2. The Bertz CT molecular complexity index is 572. The molecule has 0 aromatic heterocycles. The minimum atomic E-state index is -1.47. The zero-order valence-electron chi connectivity index (χ0n) is 11.0. The number of carbonyl (C=O) groups excluding carboxylic acids is 2. The number of nitrogens with zero attached hydrogens (tertiary/aromatic N) is 1. The molecule has 0 aliphatic carbocycles. The predicted molar refractivity (Wildman–Crippen MR) is 71.0 cm³/mol. The second-order valence-corrected chi connectivity index (χ2v) is 6.38. The first-order valence-electron chi connectivity index (χ1n) is 5.80. The maximum absolute atomic E-state index is 12.6. The van der Waals surface area contributed by atoms with Crippen LogP contribution in [-0.4, -0.2) is 28.1 Å². The molecule has 1 aliphatic rings. The molecule has 19 heavy (non-hydrogen) atoms. The van der Waals surface area contributed by atoms with Crippen molar-refractivity contribution >= 4 is 28.4 Å². The fourth-order valence-electron chi connectivity index (χ4n) is 2.36. The summed E-state index contributed by atoms with van der Waals surface area (Å²) in [5.74, 6) is -0.736. The second kappa shape index (κ2) is 4.77. The minimum Gasteiger partial charge on any atom is -0.469 e. The maximum Gasteiger partial charge on any atom is 0.308 e. The molecule has 1 amide bonds. The van der Waals surface area contributed by atoms with E-state index in [-0.39, 0.29) is 12.3 Å². The van der Waals surface area contributed by atoms with Gasteiger partial charge in [-0.1, -0.05) is 12.1 Å². The van der Waals surface area contributed by atoms with Gasteiger partial charge >= 0.3 is 5.97 Å². The normalized spacial score (nSPS) is 25.0. The average molecular weight is 281 g/mol. The number of anilines is 1. The molecule has 1 unspecified atom stereocenters. The molecule has 0 N–H and O–H groups in total. The van der Waals surface area contributed by atoms with Gasteiger partial charge in [0.2, 0.25) is 5.91 Å². The van der Waals surface area contributed by atoms with Crippen molar-refractivity contribution < 1.29 is 18.5 Å². The molecule has 1 aromatic rings. The molecule has 0 bridgehead atoms. The van der Waals surface area contributed by atoms with Crippen LogP contribution in [0.3, 0.4) is 0 Å². The van der Waals surface area contributed by atoms with Crippen molar-refractivity contribution in [2.24, 2.45) is 0 Å². The van der Waals surface area contributed by atoms with E-state index in [1.54, 1.807) is 31.2 Å². The number of ether oxygens (including phenoxy) is 1. The number of amides is 1. The molecular weight excluding hydrogens is 266 g/mol. The molecular formula is C13H15NO4S. The summed E-state index contributed by atoms with van der Waals surface area (Å²) in [4.78, 5) is 24.3. The van der Waals surface area contributed by atoms with Crippen LogP contribution in [0.5, 0.6) is 0 Å². The van der Waals surface area contributed by atoms with Crippen LogP contribution < -0.4 is 4.90 Å². The summed E-state index contributed by atoms with van der Waals surface area (Å²) in [5.41, 5.74) is 0.597. The van der Waals surface area contributed by atoms with E-state index in [2.05, 4.69) is 4.74 Å². The van der Waals surface area contributed by atoms with Crippen molar-refractivity contribution in [1.29, 1.82) is 0 Å². The second-order valence-electron chi connectivity index (χ2n) is 4.52. The standard InChI is InChI=1S/C13H15NO4S/c1-9(15)14-10-6-4-5-7-11(10)19(17)13(14,2)8-12(16)18-3/h4-7H,8H2,1-3H3/t13-,19?/m0/s1. The third-order valence-corrected chi connectivity index (χ3v) is 5.06. The van der Waals surface area contributed by atoms with Gasteiger partial charge in [0, 0.05) is 6.92 Å². The lowest BCUT2D eigenvalue weighted by Gasteiger charge is -2.32. The average Bonchev–Trinajstić information content (AvgIpc) is 2.59. The van der Waals surface area contributed by atoms with Gasteiger partial charge in [-0.2, -0.15) is 0 Å². The number of hydrogen-bond acceptors (Lipinski definition) is 4. The molecule has 0 saturated carbocycles. The van der Waals surface area contributed by atoms with Gasteiger partial charge in [0.15, 0.2) is 0 Å². The summed E-state index contributed by atoms with van der Waals surface area (Å²) in [7, 11) is -0.197. The van der Waals surface area contributed by atoms with Crippen molar-refractivity contribution in [3.63, 3.8) is 0 Å². The van der Waals surface area contributed by atoms with Crippen LogP contribution >= 0.6 is 0 Å². The topological polar surface area (TPSA) is 63.7 Å². The minimum absolute atomic E-state index is 0.107. The van der Waals surface area contributed by atoms with E-state index in [4.69, 9.17) is 0 Å². The monoisotopic (exact) mass is 281 g/mol. The highest BCUT2D eigenvalue weighted by atomic mass is 32.2. The first kappa shape index (κ1) is 13.7. The van der Waals surface area contributed by atoms with E-state index >= 15 is 0 Å². The fraction of sp³-hybridized carbons (Fsp3) is 0.385. The molecule has 5 nitrogen and oxygen atoms in total. The van der Waals surface area contributed by atoms with Crippen LogP contribution in [0.25, 0.3) is 0 Å². The van der Waals surface area contributed by atoms with Crippen molar-refractivity contribution in [2.75, 3.05) is 12.0 Å². The molecule has 0 radical (unpaired) electrons. The van der Waals surface area contributed by atoms with Gasteiger partial charge in [-0.3, -0.25) is 18.7 Å². The van der Waals surface area contributed by atoms with Crippen LogP contribution in [-0.2, 0) is 25.1 Å². The zero-order chi connectivity index (χ0) is 14.2. The van der Waals surface area contributed by atoms with E-state index in [9.17, 15) is 13.8 Å². The Labute approximate surface area is 114 Å². The predicted octanol–water partition coefficient (Wildman–Crippen LogP) is 1.44. The van der Waals surface area contributed by atoms with Crippen LogP contribution in [0.15, 0.2) is 29.2 Å². The van der Waals surface area contributed by atoms with E-state index in [1.807, 2.05) is 0 Å². The lowest BCUT2D eigenvalue weighted by Crippen LogP contribution is -2.49. The largest absolute Gasteiger partial charge is 0.469 e. The van der Waals surface area contributed by atoms with Crippen molar-refractivity contribution in [3.05, 3.63) is 24.3 Å². The van der Waals surface area contributed by atoms with E-state index in [0.29, 0.717) is 10.6 Å². The molecule has 1 aliphatic heterocycles. The number of fused-ring (bicyclic) bond motifs is 1. The Hall–Kier alpha value is -1.69. The highest BCUT2D eigenvalue weighted by Gasteiger charge is 2.50. The highest BCUT2D eigenvalue weighted by Crippen LogP contribution is 2.44. The van der Waals surface area contributed by atoms with E-state index in [1.165, 1.54) is 18.9 Å². The van der Waals surface area contributed by atoms with Crippen molar-refractivity contribution in [3.8, 4) is 0 Å². The van der Waals surface area contributed by atoms with E-state index in [0.717, 1.165) is 0 Å². The van der Waals surface area contributed by atoms with Crippen LogP contribution in [0, 0.1) is 0 Å². The van der Waals surface area contributed by atoms with E-state index < -0.39 is 21.6 Å². The quantitative estimate of drug-likeness (QED) is 0.769. The van der Waals surface area contributed by atoms with Crippen LogP contribution in [0.2, 0.25) is 0 Å². The number of carbonyl (C=O) groups is 2. The molecule has 0 saturated heterocycles. The lowest BCUT2D eigenvalue weighted by atomic mass is 10.1. The number of methoxy groups -OCH3 is 1. The molecule has 1 aromatic carbocycles. The Morgan fingerprint density at radius 2 is 2.00 bits per heavy atom. The van der Waals surface area contributed by atoms with Gasteiger partial charge in [-0.25, -0.2) is 0 Å². The van der Waals surface area contributed by atoms with Crippen LogP contribution in [0.1, 0.15) is 20.3 Å². The van der Waals surface area contributed by atoms with Gasteiger partial charge in [-0.15, -0.1) is 0 Å². The summed E-state index contributed by atoms with van der Waals surface area (Å²) < 4.78 is 17.2. The Kier molecular flexibility index (Phi) is 3.45. The Balaban J connectivity index is 2.54.